The summed E-state index contributed by atoms with van der Waals surface area (Å²) in [6, 6.07) is -0.269. The maximum atomic E-state index is 12.3. The molecule has 2 fully saturated rings. The van der Waals surface area contributed by atoms with Gasteiger partial charge in [-0.3, -0.25) is 4.79 Å². The molecule has 0 radical (unpaired) electrons. The summed E-state index contributed by atoms with van der Waals surface area (Å²) >= 11 is 1.47. The lowest BCUT2D eigenvalue weighted by Gasteiger charge is -2.46. The molecule has 0 aromatic rings. The van der Waals surface area contributed by atoms with Gasteiger partial charge in [-0.2, -0.15) is 0 Å². The van der Waals surface area contributed by atoms with Crippen LogP contribution in [-0.4, -0.2) is 64.1 Å². The van der Waals surface area contributed by atoms with Gasteiger partial charge in [0, 0.05) is 22.0 Å². The summed E-state index contributed by atoms with van der Waals surface area (Å²) in [4.78, 5) is 26.0. The Morgan fingerprint density at radius 1 is 1.52 bits per heavy atom. The molecule has 3 heterocycles. The number of rotatable bonds is 5. The Kier molecular flexibility index (Phi) is 4.43. The van der Waals surface area contributed by atoms with Gasteiger partial charge in [0.05, 0.1) is 31.3 Å². The molecule has 0 aromatic carbocycles. The van der Waals surface area contributed by atoms with E-state index in [-0.39, 0.29) is 34.7 Å². The first-order chi connectivity index (χ1) is 10.9. The molecule has 1 unspecified atom stereocenters. The molecule has 128 valence electrons. The minimum atomic E-state index is -1.09. The van der Waals surface area contributed by atoms with Crippen LogP contribution in [0.3, 0.4) is 0 Å². The van der Waals surface area contributed by atoms with E-state index >= 15 is 0 Å². The van der Waals surface area contributed by atoms with Crippen molar-refractivity contribution in [2.75, 3.05) is 19.8 Å². The van der Waals surface area contributed by atoms with Crippen LogP contribution >= 0.6 is 11.8 Å². The molecule has 8 heteroatoms. The number of nitrogens with two attached hydrogens (primary N) is 1. The second-order valence-corrected chi connectivity index (χ2v) is 7.74. The monoisotopic (exact) mass is 342 g/mol. The summed E-state index contributed by atoms with van der Waals surface area (Å²) in [5, 5.41) is 19.5. The maximum absolute atomic E-state index is 12.3. The van der Waals surface area contributed by atoms with E-state index in [4.69, 9.17) is 10.5 Å². The average Bonchev–Trinajstić information content (AvgIpc) is 3.01. The number of nitrogens with zero attached hydrogens (tertiary/aromatic N) is 1. The summed E-state index contributed by atoms with van der Waals surface area (Å²) in [6.07, 6.45) is -0.780. The van der Waals surface area contributed by atoms with Crippen LogP contribution in [0.1, 0.15) is 13.8 Å². The highest BCUT2D eigenvalue weighted by molar-refractivity contribution is 8.03. The van der Waals surface area contributed by atoms with Crippen molar-refractivity contribution in [1.82, 2.24) is 4.90 Å². The van der Waals surface area contributed by atoms with Gasteiger partial charge in [-0.1, -0.05) is 6.92 Å². The van der Waals surface area contributed by atoms with E-state index < -0.39 is 18.0 Å². The number of hydrogen-bond donors (Lipinski definition) is 3. The van der Waals surface area contributed by atoms with Gasteiger partial charge < -0.3 is 25.6 Å². The highest BCUT2D eigenvalue weighted by atomic mass is 32.2. The highest BCUT2D eigenvalue weighted by Gasteiger charge is 2.60. The normalized spacial score (nSPS) is 37.8. The van der Waals surface area contributed by atoms with E-state index in [9.17, 15) is 19.8 Å². The zero-order valence-corrected chi connectivity index (χ0v) is 14.0. The van der Waals surface area contributed by atoms with Crippen LogP contribution in [0.2, 0.25) is 0 Å². The molecule has 6 atom stereocenters. The molecule has 2 saturated heterocycles. The number of thioether (sulfide) groups is 1. The van der Waals surface area contributed by atoms with Gasteiger partial charge >= 0.3 is 5.97 Å². The molecule has 0 saturated carbocycles. The third-order valence-corrected chi connectivity index (χ3v) is 6.67. The van der Waals surface area contributed by atoms with E-state index in [0.717, 1.165) is 0 Å². The standard InChI is InChI=1S/C15H22N2O5S/c1-6-11-10(7(2)18)14(19)17(11)12(15(20)21)13(6)23-9-5-22-4-8(9)3-16/h6-11,18H,3-5,16H2,1-2H3,(H,20,21)/t6-,7-,8+,9+,10-,11?/m1/s1. The van der Waals surface area contributed by atoms with E-state index in [1.54, 1.807) is 6.92 Å². The summed E-state index contributed by atoms with van der Waals surface area (Å²) in [5.41, 5.74) is 5.82. The smallest absolute Gasteiger partial charge is 0.353 e. The zero-order chi connectivity index (χ0) is 16.9. The van der Waals surface area contributed by atoms with Crippen molar-refractivity contribution in [3.8, 4) is 0 Å². The number of aliphatic hydroxyl groups excluding tert-OH is 1. The third kappa shape index (κ3) is 2.48. The van der Waals surface area contributed by atoms with Crippen molar-refractivity contribution in [3.05, 3.63) is 10.6 Å². The van der Waals surface area contributed by atoms with E-state index in [2.05, 4.69) is 0 Å². The fourth-order valence-electron chi connectivity index (χ4n) is 3.77. The predicted molar refractivity (Wildman–Crippen MR) is 84.4 cm³/mol. The lowest BCUT2D eigenvalue weighted by atomic mass is 9.79. The van der Waals surface area contributed by atoms with Gasteiger partial charge in [0.25, 0.3) is 0 Å². The van der Waals surface area contributed by atoms with Crippen molar-refractivity contribution in [2.45, 2.75) is 31.2 Å². The number of amides is 1. The SMILES string of the molecule is C[C@H]1C(S[C@H]2COC[C@@H]2CN)=C(C(=O)O)N2C(=O)[C@H]([C@@H](C)O)C12. The van der Waals surface area contributed by atoms with Crippen molar-refractivity contribution in [2.24, 2.45) is 23.5 Å². The van der Waals surface area contributed by atoms with Crippen LogP contribution in [-0.2, 0) is 14.3 Å². The van der Waals surface area contributed by atoms with Crippen LogP contribution in [0.4, 0.5) is 0 Å². The van der Waals surface area contributed by atoms with Crippen molar-refractivity contribution in [3.63, 3.8) is 0 Å². The minimum Gasteiger partial charge on any atom is -0.477 e. The Balaban J connectivity index is 1.89. The second-order valence-electron chi connectivity index (χ2n) is 6.46. The lowest BCUT2D eigenvalue weighted by Crippen LogP contribution is -2.63. The van der Waals surface area contributed by atoms with E-state index in [0.29, 0.717) is 24.7 Å². The Morgan fingerprint density at radius 2 is 2.22 bits per heavy atom. The fraction of sp³-hybridized carbons (Fsp3) is 0.733. The molecule has 3 aliphatic heterocycles. The van der Waals surface area contributed by atoms with Gasteiger partial charge in [0.2, 0.25) is 5.91 Å². The first kappa shape index (κ1) is 16.8. The van der Waals surface area contributed by atoms with E-state index in [1.165, 1.54) is 16.7 Å². The van der Waals surface area contributed by atoms with Gasteiger partial charge in [-0.05, 0) is 13.5 Å². The number of carbonyl (C=O) groups is 2. The molecule has 0 spiro atoms. The number of aliphatic hydroxyl groups is 1. The number of ether oxygens (including phenoxy) is 1. The summed E-state index contributed by atoms with van der Waals surface area (Å²) in [7, 11) is 0. The number of β-lactam (4-membered cyclic amide) rings is 1. The number of carboxylic acid groups (broad SMARTS) is 1. The Bertz CT molecular complexity index is 564. The first-order valence-corrected chi connectivity index (χ1v) is 8.69. The number of carboxylic acids is 1. The zero-order valence-electron chi connectivity index (χ0n) is 13.1. The molecular formula is C15H22N2O5S. The summed E-state index contributed by atoms with van der Waals surface area (Å²) in [5.74, 6) is -1.85. The van der Waals surface area contributed by atoms with Crippen LogP contribution < -0.4 is 5.73 Å². The van der Waals surface area contributed by atoms with Crippen molar-refractivity contribution in [1.29, 1.82) is 0 Å². The number of fused-ring (bicyclic) bond motifs is 1. The van der Waals surface area contributed by atoms with Crippen LogP contribution in [0.25, 0.3) is 0 Å². The molecule has 7 nitrogen and oxygen atoms in total. The molecule has 3 rings (SSSR count). The summed E-state index contributed by atoms with van der Waals surface area (Å²) in [6.45, 7) is 5.11. The van der Waals surface area contributed by atoms with Gasteiger partial charge in [-0.15, -0.1) is 11.8 Å². The topological polar surface area (TPSA) is 113 Å². The Hall–Kier alpha value is -1.09. The second kappa shape index (κ2) is 6.08. The third-order valence-electron chi connectivity index (χ3n) is 5.03. The Morgan fingerprint density at radius 3 is 2.78 bits per heavy atom. The molecule has 0 aliphatic carbocycles. The first-order valence-electron chi connectivity index (χ1n) is 7.81. The quantitative estimate of drug-likeness (QED) is 0.595. The molecule has 1 amide bonds. The van der Waals surface area contributed by atoms with Gasteiger partial charge in [0.1, 0.15) is 5.70 Å². The highest BCUT2D eigenvalue weighted by Crippen LogP contribution is 2.52. The largest absolute Gasteiger partial charge is 0.477 e. The number of aliphatic carboxylic acids is 1. The number of carbonyl (C=O) groups excluding carboxylic acids is 1. The van der Waals surface area contributed by atoms with Crippen molar-refractivity contribution < 1.29 is 24.5 Å². The Labute approximate surface area is 138 Å². The predicted octanol–water partition coefficient (Wildman–Crippen LogP) is -0.153. The van der Waals surface area contributed by atoms with Gasteiger partial charge in [-0.25, -0.2) is 4.79 Å². The molecule has 23 heavy (non-hydrogen) atoms. The van der Waals surface area contributed by atoms with E-state index in [1.807, 2.05) is 6.92 Å². The molecule has 0 bridgehead atoms. The number of hydrogen-bond acceptors (Lipinski definition) is 6. The maximum Gasteiger partial charge on any atom is 0.353 e. The van der Waals surface area contributed by atoms with Crippen LogP contribution in [0.15, 0.2) is 10.6 Å². The average molecular weight is 342 g/mol. The lowest BCUT2D eigenvalue weighted by molar-refractivity contribution is -0.163. The fourth-order valence-corrected chi connectivity index (χ4v) is 5.29. The minimum absolute atomic E-state index is 0.0667. The van der Waals surface area contributed by atoms with Crippen LogP contribution in [0.5, 0.6) is 0 Å². The molecule has 0 aromatic heterocycles. The van der Waals surface area contributed by atoms with Gasteiger partial charge in [0.15, 0.2) is 0 Å². The molecule has 3 aliphatic rings. The molecular weight excluding hydrogens is 320 g/mol. The van der Waals surface area contributed by atoms with Crippen LogP contribution in [0, 0.1) is 17.8 Å². The summed E-state index contributed by atoms with van der Waals surface area (Å²) < 4.78 is 5.46. The van der Waals surface area contributed by atoms with Crippen molar-refractivity contribution >= 4 is 23.6 Å². The molecule has 4 N–H and O–H groups in total.